The van der Waals surface area contributed by atoms with Crippen LogP contribution < -0.4 is 0 Å². The van der Waals surface area contributed by atoms with Crippen LogP contribution in [0.15, 0.2) is 12.4 Å². The van der Waals surface area contributed by atoms with Gasteiger partial charge in [0, 0.05) is 7.05 Å². The highest BCUT2D eigenvalue weighted by Crippen LogP contribution is 1.64. The van der Waals surface area contributed by atoms with Gasteiger partial charge < -0.3 is 0 Å². The van der Waals surface area contributed by atoms with Crippen LogP contribution in [-0.2, 0) is 7.05 Å². The lowest BCUT2D eigenvalue weighted by Gasteiger charge is -1.75. The van der Waals surface area contributed by atoms with Crippen molar-refractivity contribution in [1.29, 1.82) is 0 Å². The summed E-state index contributed by atoms with van der Waals surface area (Å²) in [7, 11) is 1.78. The van der Waals surface area contributed by atoms with Gasteiger partial charge in [-0.1, -0.05) is 0 Å². The van der Waals surface area contributed by atoms with Gasteiger partial charge in [-0.2, -0.15) is 15.0 Å². The van der Waals surface area contributed by atoms with Crippen molar-refractivity contribution in [2.75, 3.05) is 0 Å². The van der Waals surface area contributed by atoms with Crippen LogP contribution in [0.5, 0.6) is 0 Å². The van der Waals surface area contributed by atoms with Crippen molar-refractivity contribution >= 4 is 0 Å². The van der Waals surface area contributed by atoms with Crippen molar-refractivity contribution in [3.05, 3.63) is 12.4 Å². The van der Waals surface area contributed by atoms with Crippen LogP contribution in [0.2, 0.25) is 0 Å². The molecule has 0 saturated heterocycles. The quantitative estimate of drug-likeness (QED) is 0.435. The fourth-order valence-corrected chi connectivity index (χ4v) is 0.282. The van der Waals surface area contributed by atoms with E-state index in [0.29, 0.717) is 0 Å². The minimum absolute atomic E-state index is 1.50. The van der Waals surface area contributed by atoms with Crippen LogP contribution in [0.3, 0.4) is 0 Å². The summed E-state index contributed by atoms with van der Waals surface area (Å²) in [5.41, 5.74) is 0. The van der Waals surface area contributed by atoms with Crippen molar-refractivity contribution in [3.63, 3.8) is 0 Å². The third kappa shape index (κ3) is 0.381. The molecule has 0 fully saturated rings. The Labute approximate surface area is 35.6 Å². The van der Waals surface area contributed by atoms with Gasteiger partial charge in [0.25, 0.3) is 0 Å². The molecule has 0 aliphatic carbocycles. The molecule has 3 heteroatoms. The predicted molar refractivity (Wildman–Crippen MR) is 21.0 cm³/mol. The summed E-state index contributed by atoms with van der Waals surface area (Å²) < 4.78 is 0. The van der Waals surface area contributed by atoms with Gasteiger partial charge in [0.2, 0.25) is 0 Å². The highest BCUT2D eigenvalue weighted by atomic mass is 15.4. The standard InChI is InChI=1S/C3H5N3/c1-6-4-2-3-5-6/h2-3H,1H3. The van der Waals surface area contributed by atoms with Crippen molar-refractivity contribution in [3.8, 4) is 0 Å². The summed E-state index contributed by atoms with van der Waals surface area (Å²) in [5, 5.41) is 7.44. The molecule has 0 atom stereocenters. The Bertz CT molecular complexity index is 110. The lowest BCUT2D eigenvalue weighted by atomic mass is 11.0. The third-order valence-corrected chi connectivity index (χ3v) is 0.534. The van der Waals surface area contributed by atoms with Crippen molar-refractivity contribution in [1.82, 2.24) is 15.0 Å². The van der Waals surface area contributed by atoms with E-state index in [1.165, 1.54) is 4.80 Å². The molecule has 32 valence electrons. The lowest BCUT2D eigenvalue weighted by Crippen LogP contribution is -1.89. The van der Waals surface area contributed by atoms with Gasteiger partial charge in [0.05, 0.1) is 12.4 Å². The van der Waals surface area contributed by atoms with E-state index >= 15 is 0 Å². The van der Waals surface area contributed by atoms with Gasteiger partial charge in [0.1, 0.15) is 0 Å². The Kier molecular flexibility index (Phi) is 0.602. The molecule has 0 amide bonds. The molecular weight excluding hydrogens is 78.1 g/mol. The van der Waals surface area contributed by atoms with Crippen LogP contribution in [0, 0.1) is 0 Å². The van der Waals surface area contributed by atoms with E-state index in [9.17, 15) is 0 Å². The fourth-order valence-electron chi connectivity index (χ4n) is 0.282. The Morgan fingerprint density at radius 3 is 2.00 bits per heavy atom. The summed E-state index contributed by atoms with van der Waals surface area (Å²) in [4.78, 5) is 1.50. The molecule has 0 aromatic carbocycles. The molecule has 0 radical (unpaired) electrons. The lowest BCUT2D eigenvalue weighted by molar-refractivity contribution is 0.654. The number of nitrogens with zero attached hydrogens (tertiary/aromatic N) is 3. The zero-order valence-electron chi connectivity index (χ0n) is 3.50. The van der Waals surface area contributed by atoms with Gasteiger partial charge >= 0.3 is 0 Å². The third-order valence-electron chi connectivity index (χ3n) is 0.534. The second-order valence-corrected chi connectivity index (χ2v) is 1.02. The first-order valence-electron chi connectivity index (χ1n) is 1.70. The minimum atomic E-state index is 1.50. The largest absolute Gasteiger partial charge is 0.188 e. The number of aromatic nitrogens is 3. The summed E-state index contributed by atoms with van der Waals surface area (Å²) >= 11 is 0. The maximum Gasteiger partial charge on any atom is 0.0692 e. The summed E-state index contributed by atoms with van der Waals surface area (Å²) in [6.45, 7) is 0. The van der Waals surface area contributed by atoms with Crippen LogP contribution in [0.25, 0.3) is 0 Å². The molecular formula is C3H5N3. The maximum atomic E-state index is 3.72. The first-order chi connectivity index (χ1) is 2.89. The summed E-state index contributed by atoms with van der Waals surface area (Å²) in [5.74, 6) is 0. The van der Waals surface area contributed by atoms with Gasteiger partial charge in [-0.25, -0.2) is 0 Å². The highest BCUT2D eigenvalue weighted by Gasteiger charge is 1.70. The molecule has 0 aliphatic heterocycles. The summed E-state index contributed by atoms with van der Waals surface area (Å²) in [6, 6.07) is 0. The van der Waals surface area contributed by atoms with E-state index in [4.69, 9.17) is 0 Å². The average Bonchev–Trinajstić information content (AvgIpc) is 1.86. The van der Waals surface area contributed by atoms with Crippen LogP contribution in [0.4, 0.5) is 0 Å². The van der Waals surface area contributed by atoms with Crippen LogP contribution >= 0.6 is 0 Å². The molecule has 1 rings (SSSR count). The van der Waals surface area contributed by atoms with E-state index in [1.54, 1.807) is 19.4 Å². The first kappa shape index (κ1) is 3.33. The van der Waals surface area contributed by atoms with Crippen molar-refractivity contribution in [2.24, 2.45) is 7.05 Å². The molecule has 1 aromatic heterocycles. The average molecular weight is 83.1 g/mol. The zero-order valence-corrected chi connectivity index (χ0v) is 3.50. The van der Waals surface area contributed by atoms with Gasteiger partial charge in [-0.05, 0) is 0 Å². The molecule has 0 spiro atoms. The second-order valence-electron chi connectivity index (χ2n) is 1.02. The van der Waals surface area contributed by atoms with Crippen molar-refractivity contribution < 1.29 is 0 Å². The number of aryl methyl sites for hydroxylation is 1. The maximum absolute atomic E-state index is 3.72. The Morgan fingerprint density at radius 1 is 1.33 bits per heavy atom. The monoisotopic (exact) mass is 83.0 g/mol. The van der Waals surface area contributed by atoms with E-state index in [2.05, 4.69) is 10.2 Å². The van der Waals surface area contributed by atoms with E-state index < -0.39 is 0 Å². The van der Waals surface area contributed by atoms with Gasteiger partial charge in [-0.3, -0.25) is 0 Å². The zero-order chi connectivity index (χ0) is 4.41. The van der Waals surface area contributed by atoms with E-state index in [-0.39, 0.29) is 0 Å². The Morgan fingerprint density at radius 2 is 1.83 bits per heavy atom. The summed E-state index contributed by atoms with van der Waals surface area (Å²) in [6.07, 6.45) is 3.28. The van der Waals surface area contributed by atoms with Gasteiger partial charge in [0.15, 0.2) is 0 Å². The SMILES string of the molecule is Cn1nccn1. The Balaban J connectivity index is 3.05. The number of hydrogen-bond donors (Lipinski definition) is 0. The molecule has 1 heterocycles. The van der Waals surface area contributed by atoms with E-state index in [0.717, 1.165) is 0 Å². The minimum Gasteiger partial charge on any atom is -0.188 e. The molecule has 0 bridgehead atoms. The van der Waals surface area contributed by atoms with Crippen molar-refractivity contribution in [2.45, 2.75) is 0 Å². The number of hydrogen-bond acceptors (Lipinski definition) is 2. The molecule has 0 saturated carbocycles. The fraction of sp³-hybridized carbons (Fsp3) is 0.333. The molecule has 6 heavy (non-hydrogen) atoms. The topological polar surface area (TPSA) is 30.7 Å². The van der Waals surface area contributed by atoms with Gasteiger partial charge in [-0.15, -0.1) is 0 Å². The second kappa shape index (κ2) is 1.08. The Hall–Kier alpha value is -0.860. The predicted octanol–water partition coefficient (Wildman–Crippen LogP) is -0.185. The van der Waals surface area contributed by atoms with Crippen LogP contribution in [0.1, 0.15) is 0 Å². The highest BCUT2D eigenvalue weighted by molar-refractivity contribution is 4.57. The molecule has 1 aromatic rings. The first-order valence-corrected chi connectivity index (χ1v) is 1.70. The molecule has 0 aliphatic rings. The normalized spacial score (nSPS) is 8.83. The van der Waals surface area contributed by atoms with E-state index in [1.807, 2.05) is 0 Å². The molecule has 0 unspecified atom stereocenters. The molecule has 0 N–H and O–H groups in total. The molecule has 3 nitrogen and oxygen atoms in total. The smallest absolute Gasteiger partial charge is 0.0692 e. The van der Waals surface area contributed by atoms with Crippen LogP contribution in [-0.4, -0.2) is 15.0 Å². The number of rotatable bonds is 0.